The zero-order valence-corrected chi connectivity index (χ0v) is 13.1. The Morgan fingerprint density at radius 2 is 1.90 bits per heavy atom. The van der Waals surface area contributed by atoms with E-state index in [9.17, 15) is 9.90 Å². The van der Waals surface area contributed by atoms with Crippen molar-refractivity contribution in [2.75, 3.05) is 19.8 Å². The number of unbranched alkanes of at least 4 members (excludes halogenated alkanes) is 5. The summed E-state index contributed by atoms with van der Waals surface area (Å²) in [7, 11) is 0. The first-order chi connectivity index (χ1) is 9.56. The molecule has 0 aliphatic rings. The molecule has 20 heavy (non-hydrogen) atoms. The highest BCUT2D eigenvalue weighted by atomic mass is 16.5. The summed E-state index contributed by atoms with van der Waals surface area (Å²) in [6, 6.07) is -0.0132. The number of carbonyl (C=O) groups is 1. The second kappa shape index (κ2) is 13.3. The van der Waals surface area contributed by atoms with Crippen LogP contribution in [0.5, 0.6) is 0 Å². The van der Waals surface area contributed by atoms with Crippen molar-refractivity contribution in [3.63, 3.8) is 0 Å². The lowest BCUT2D eigenvalue weighted by Gasteiger charge is -2.16. The Balaban J connectivity index is 3.32. The predicted octanol–water partition coefficient (Wildman–Crippen LogP) is 1.58. The molecule has 0 saturated carbocycles. The van der Waals surface area contributed by atoms with Gasteiger partial charge in [-0.15, -0.1) is 0 Å². The number of ether oxygens (including phenoxy) is 1. The third-order valence-corrected chi connectivity index (χ3v) is 3.16. The van der Waals surface area contributed by atoms with E-state index in [0.29, 0.717) is 19.8 Å². The van der Waals surface area contributed by atoms with E-state index in [1.165, 1.54) is 32.1 Å². The summed E-state index contributed by atoms with van der Waals surface area (Å²) in [5.74, 6) is -0.334. The van der Waals surface area contributed by atoms with Crippen LogP contribution >= 0.6 is 0 Å². The van der Waals surface area contributed by atoms with Gasteiger partial charge in [0.1, 0.15) is 0 Å². The van der Waals surface area contributed by atoms with Crippen molar-refractivity contribution in [2.45, 2.75) is 70.9 Å². The van der Waals surface area contributed by atoms with E-state index in [0.717, 1.165) is 6.42 Å². The minimum atomic E-state index is -0.537. The van der Waals surface area contributed by atoms with Crippen molar-refractivity contribution < 1.29 is 14.6 Å². The summed E-state index contributed by atoms with van der Waals surface area (Å²) < 4.78 is 5.43. The van der Waals surface area contributed by atoms with Gasteiger partial charge in [-0.1, -0.05) is 39.0 Å². The lowest BCUT2D eigenvalue weighted by atomic mass is 10.1. The molecule has 0 fully saturated rings. The number of primary amides is 1. The van der Waals surface area contributed by atoms with Crippen LogP contribution in [0.4, 0.5) is 0 Å². The fourth-order valence-corrected chi connectivity index (χ4v) is 1.97. The van der Waals surface area contributed by atoms with E-state index in [4.69, 9.17) is 10.5 Å². The molecule has 2 unspecified atom stereocenters. The van der Waals surface area contributed by atoms with Gasteiger partial charge in [-0.25, -0.2) is 0 Å². The summed E-state index contributed by atoms with van der Waals surface area (Å²) >= 11 is 0. The molecule has 0 aliphatic carbocycles. The molecule has 0 aromatic carbocycles. The second-order valence-electron chi connectivity index (χ2n) is 5.48. The van der Waals surface area contributed by atoms with E-state index in [-0.39, 0.29) is 18.4 Å². The molecule has 0 rings (SSSR count). The molecule has 0 aliphatic heterocycles. The summed E-state index contributed by atoms with van der Waals surface area (Å²) in [6.45, 7) is 5.55. The molecule has 4 N–H and O–H groups in total. The number of rotatable bonds is 14. The smallest absolute Gasteiger partial charge is 0.218 e. The quantitative estimate of drug-likeness (QED) is 0.424. The van der Waals surface area contributed by atoms with Crippen LogP contribution in [0.3, 0.4) is 0 Å². The van der Waals surface area contributed by atoms with Crippen molar-refractivity contribution in [1.82, 2.24) is 5.32 Å². The molecule has 0 spiro atoms. The van der Waals surface area contributed by atoms with E-state index in [1.54, 1.807) is 0 Å². The van der Waals surface area contributed by atoms with Gasteiger partial charge in [-0.3, -0.25) is 4.79 Å². The Kier molecular flexibility index (Phi) is 12.9. The normalized spacial score (nSPS) is 14.2. The maximum absolute atomic E-state index is 10.7. The van der Waals surface area contributed by atoms with Crippen molar-refractivity contribution in [3.8, 4) is 0 Å². The van der Waals surface area contributed by atoms with Crippen molar-refractivity contribution in [2.24, 2.45) is 5.73 Å². The Labute approximate surface area is 123 Å². The molecule has 0 heterocycles. The third kappa shape index (κ3) is 13.8. The van der Waals surface area contributed by atoms with Gasteiger partial charge in [0, 0.05) is 25.6 Å². The number of aliphatic hydroxyl groups is 1. The standard InChI is InChI=1S/C15H32N2O3/c1-3-4-5-6-7-8-9-20-12-14(18)11-17-13(2)10-15(16)19/h13-14,17-18H,3-12H2,1-2H3,(H2,16,19). The predicted molar refractivity (Wildman–Crippen MR) is 81.5 cm³/mol. The summed E-state index contributed by atoms with van der Waals surface area (Å²) in [4.78, 5) is 10.7. The van der Waals surface area contributed by atoms with Gasteiger partial charge in [0.15, 0.2) is 0 Å². The van der Waals surface area contributed by atoms with E-state index >= 15 is 0 Å². The fourth-order valence-electron chi connectivity index (χ4n) is 1.97. The monoisotopic (exact) mass is 288 g/mol. The fraction of sp³-hybridized carbons (Fsp3) is 0.933. The molecule has 0 bridgehead atoms. The SMILES string of the molecule is CCCCCCCCOCC(O)CNC(C)CC(N)=O. The van der Waals surface area contributed by atoms with E-state index in [1.807, 2.05) is 6.92 Å². The lowest BCUT2D eigenvalue weighted by Crippen LogP contribution is -2.38. The first-order valence-corrected chi connectivity index (χ1v) is 7.83. The molecule has 5 heteroatoms. The van der Waals surface area contributed by atoms with Crippen molar-refractivity contribution in [1.29, 1.82) is 0 Å². The largest absolute Gasteiger partial charge is 0.389 e. The van der Waals surface area contributed by atoms with Crippen LogP contribution in [0.1, 0.15) is 58.8 Å². The highest BCUT2D eigenvalue weighted by Gasteiger charge is 2.09. The Morgan fingerprint density at radius 3 is 2.55 bits per heavy atom. The number of nitrogens with two attached hydrogens (primary N) is 1. The lowest BCUT2D eigenvalue weighted by molar-refractivity contribution is -0.118. The van der Waals surface area contributed by atoms with Crippen LogP contribution in [0.15, 0.2) is 0 Å². The van der Waals surface area contributed by atoms with Gasteiger partial charge >= 0.3 is 0 Å². The molecule has 0 aromatic rings. The Morgan fingerprint density at radius 1 is 1.25 bits per heavy atom. The van der Waals surface area contributed by atoms with Gasteiger partial charge in [0.2, 0.25) is 5.91 Å². The number of aliphatic hydroxyl groups excluding tert-OH is 1. The van der Waals surface area contributed by atoms with Crippen LogP contribution in [-0.4, -0.2) is 42.9 Å². The third-order valence-electron chi connectivity index (χ3n) is 3.16. The van der Waals surface area contributed by atoms with E-state index in [2.05, 4.69) is 12.2 Å². The Bertz CT molecular complexity index is 237. The summed E-state index contributed by atoms with van der Waals surface area (Å²) in [6.07, 6.45) is 7.16. The van der Waals surface area contributed by atoms with E-state index < -0.39 is 6.10 Å². The molecule has 0 radical (unpaired) electrons. The molecule has 120 valence electrons. The van der Waals surface area contributed by atoms with Gasteiger partial charge in [0.05, 0.1) is 12.7 Å². The average Bonchev–Trinajstić information content (AvgIpc) is 2.38. The minimum Gasteiger partial charge on any atom is -0.389 e. The number of hydrogen-bond donors (Lipinski definition) is 3. The van der Waals surface area contributed by atoms with Crippen LogP contribution in [0, 0.1) is 0 Å². The first kappa shape index (κ1) is 19.4. The van der Waals surface area contributed by atoms with Gasteiger partial charge in [-0.05, 0) is 13.3 Å². The number of hydrogen-bond acceptors (Lipinski definition) is 4. The number of nitrogens with one attached hydrogen (secondary N) is 1. The maximum Gasteiger partial charge on any atom is 0.218 e. The van der Waals surface area contributed by atoms with Crippen molar-refractivity contribution in [3.05, 3.63) is 0 Å². The molecule has 0 saturated heterocycles. The molecule has 1 amide bonds. The highest BCUT2D eigenvalue weighted by molar-refractivity contribution is 5.74. The molecule has 2 atom stereocenters. The zero-order chi connectivity index (χ0) is 15.2. The van der Waals surface area contributed by atoms with Gasteiger partial charge in [0.25, 0.3) is 0 Å². The van der Waals surface area contributed by atoms with Gasteiger partial charge < -0.3 is 20.9 Å². The first-order valence-electron chi connectivity index (χ1n) is 7.83. The number of amides is 1. The van der Waals surface area contributed by atoms with Crippen LogP contribution in [-0.2, 0) is 9.53 Å². The van der Waals surface area contributed by atoms with Gasteiger partial charge in [-0.2, -0.15) is 0 Å². The average molecular weight is 288 g/mol. The number of carbonyl (C=O) groups excluding carboxylic acids is 1. The second-order valence-corrected chi connectivity index (χ2v) is 5.48. The van der Waals surface area contributed by atoms with Crippen LogP contribution in [0.25, 0.3) is 0 Å². The zero-order valence-electron chi connectivity index (χ0n) is 13.1. The summed E-state index contributed by atoms with van der Waals surface area (Å²) in [5, 5.41) is 12.8. The van der Waals surface area contributed by atoms with Crippen LogP contribution < -0.4 is 11.1 Å². The topological polar surface area (TPSA) is 84.6 Å². The molecular weight excluding hydrogens is 256 g/mol. The molecule has 0 aromatic heterocycles. The summed E-state index contributed by atoms with van der Waals surface area (Å²) in [5.41, 5.74) is 5.09. The molecule has 5 nitrogen and oxygen atoms in total. The maximum atomic E-state index is 10.7. The minimum absolute atomic E-state index is 0.0132. The van der Waals surface area contributed by atoms with Crippen molar-refractivity contribution >= 4 is 5.91 Å². The highest BCUT2D eigenvalue weighted by Crippen LogP contribution is 2.04. The van der Waals surface area contributed by atoms with Crippen LogP contribution in [0.2, 0.25) is 0 Å². The Hall–Kier alpha value is -0.650. The molecular formula is C15H32N2O3.